The van der Waals surface area contributed by atoms with E-state index in [0.717, 1.165) is 31.2 Å². The Morgan fingerprint density at radius 2 is 1.79 bits per heavy atom. The van der Waals surface area contributed by atoms with Crippen LogP contribution >= 0.6 is 11.6 Å². The molecule has 2 aromatic heterocycles. The number of aromatic nitrogens is 3. The number of hydrogen-bond acceptors (Lipinski definition) is 4. The zero-order valence-electron chi connectivity index (χ0n) is 15.3. The van der Waals surface area contributed by atoms with Gasteiger partial charge in [-0.05, 0) is 42.7 Å². The van der Waals surface area contributed by atoms with E-state index in [1.807, 2.05) is 12.1 Å². The van der Waals surface area contributed by atoms with Crippen molar-refractivity contribution in [2.24, 2.45) is 0 Å². The van der Waals surface area contributed by atoms with Gasteiger partial charge in [0.1, 0.15) is 0 Å². The molecule has 0 unspecified atom stereocenters. The Labute approximate surface area is 168 Å². The SMILES string of the molecule is O=c1n(Cc2cccc(Cl)c2)nc2ccc(S(=O)(=O)N3CCCCCC3)cn12. The maximum absolute atomic E-state index is 13.0. The molecule has 0 saturated carbocycles. The first-order valence-corrected chi connectivity index (χ1v) is 11.1. The predicted molar refractivity (Wildman–Crippen MR) is 107 cm³/mol. The molecule has 7 nitrogen and oxygen atoms in total. The van der Waals surface area contributed by atoms with Crippen LogP contribution in [0.2, 0.25) is 5.02 Å². The lowest BCUT2D eigenvalue weighted by molar-refractivity contribution is 0.423. The third-order valence-corrected chi connectivity index (χ3v) is 7.09. The first-order valence-electron chi connectivity index (χ1n) is 9.29. The minimum Gasteiger partial charge on any atom is -0.249 e. The number of sulfonamides is 1. The summed E-state index contributed by atoms with van der Waals surface area (Å²) in [5.41, 5.74) is 0.861. The maximum atomic E-state index is 13.0. The summed E-state index contributed by atoms with van der Waals surface area (Å²) in [6, 6.07) is 10.3. The average molecular weight is 421 g/mol. The Kier molecular flexibility index (Phi) is 5.27. The molecule has 1 aromatic carbocycles. The highest BCUT2D eigenvalue weighted by molar-refractivity contribution is 7.89. The van der Waals surface area contributed by atoms with Gasteiger partial charge in [-0.1, -0.05) is 36.6 Å². The van der Waals surface area contributed by atoms with E-state index in [2.05, 4.69) is 5.10 Å². The molecule has 0 amide bonds. The molecule has 28 heavy (non-hydrogen) atoms. The first kappa shape index (κ1) is 19.2. The van der Waals surface area contributed by atoms with Crippen molar-refractivity contribution in [3.63, 3.8) is 0 Å². The van der Waals surface area contributed by atoms with Crippen LogP contribution in [-0.2, 0) is 16.6 Å². The summed E-state index contributed by atoms with van der Waals surface area (Å²) >= 11 is 6.00. The summed E-state index contributed by atoms with van der Waals surface area (Å²) in [7, 11) is -3.63. The van der Waals surface area contributed by atoms with Crippen LogP contribution in [0.4, 0.5) is 0 Å². The van der Waals surface area contributed by atoms with Crippen LogP contribution in [0.15, 0.2) is 52.3 Å². The van der Waals surface area contributed by atoms with E-state index in [9.17, 15) is 13.2 Å². The van der Waals surface area contributed by atoms with E-state index in [1.165, 1.54) is 25.7 Å². The standard InChI is InChI=1S/C19H21ClN4O3S/c20-16-7-5-6-15(12-16)13-24-19(25)23-14-17(8-9-18(23)21-24)28(26,27)22-10-3-1-2-4-11-22/h5-9,12,14H,1-4,10-11,13H2. The molecule has 3 aromatic rings. The molecule has 4 rings (SSSR count). The van der Waals surface area contributed by atoms with Gasteiger partial charge in [0.25, 0.3) is 0 Å². The lowest BCUT2D eigenvalue weighted by Gasteiger charge is -2.19. The number of rotatable bonds is 4. The Morgan fingerprint density at radius 3 is 2.50 bits per heavy atom. The lowest BCUT2D eigenvalue weighted by Crippen LogP contribution is -2.32. The van der Waals surface area contributed by atoms with Crippen molar-refractivity contribution in [1.29, 1.82) is 0 Å². The predicted octanol–water partition coefficient (Wildman–Crippen LogP) is 2.76. The number of nitrogens with zero attached hydrogens (tertiary/aromatic N) is 4. The van der Waals surface area contributed by atoms with Crippen molar-refractivity contribution >= 4 is 27.3 Å². The summed E-state index contributed by atoms with van der Waals surface area (Å²) in [5.74, 6) is 0. The molecule has 0 spiro atoms. The maximum Gasteiger partial charge on any atom is 0.350 e. The van der Waals surface area contributed by atoms with Gasteiger partial charge in [-0.2, -0.15) is 4.31 Å². The third-order valence-electron chi connectivity index (χ3n) is 4.97. The van der Waals surface area contributed by atoms with Gasteiger partial charge in [0.2, 0.25) is 10.0 Å². The van der Waals surface area contributed by atoms with E-state index < -0.39 is 10.0 Å². The van der Waals surface area contributed by atoms with Crippen molar-refractivity contribution in [1.82, 2.24) is 18.5 Å². The van der Waals surface area contributed by atoms with Gasteiger partial charge < -0.3 is 0 Å². The summed E-state index contributed by atoms with van der Waals surface area (Å²) in [6.45, 7) is 1.29. The molecular formula is C19H21ClN4O3S. The van der Waals surface area contributed by atoms with Crippen LogP contribution in [0.5, 0.6) is 0 Å². The molecule has 0 N–H and O–H groups in total. The molecule has 1 aliphatic rings. The number of benzene rings is 1. The number of fused-ring (bicyclic) bond motifs is 1. The van der Waals surface area contributed by atoms with Crippen LogP contribution in [-0.4, -0.2) is 40.0 Å². The molecule has 3 heterocycles. The number of pyridine rings is 1. The highest BCUT2D eigenvalue weighted by Crippen LogP contribution is 2.20. The van der Waals surface area contributed by atoms with Crippen molar-refractivity contribution < 1.29 is 8.42 Å². The molecule has 0 bridgehead atoms. The highest BCUT2D eigenvalue weighted by Gasteiger charge is 2.26. The molecule has 148 valence electrons. The van der Waals surface area contributed by atoms with Gasteiger partial charge in [-0.3, -0.25) is 0 Å². The fourth-order valence-corrected chi connectivity index (χ4v) is 5.22. The number of hydrogen-bond donors (Lipinski definition) is 0. The topological polar surface area (TPSA) is 76.7 Å². The zero-order valence-corrected chi connectivity index (χ0v) is 16.9. The van der Waals surface area contributed by atoms with E-state index >= 15 is 0 Å². The van der Waals surface area contributed by atoms with Crippen LogP contribution < -0.4 is 5.69 Å². The summed E-state index contributed by atoms with van der Waals surface area (Å²) < 4.78 is 30.1. The van der Waals surface area contributed by atoms with Crippen LogP contribution in [0.25, 0.3) is 5.65 Å². The quantitative estimate of drug-likeness (QED) is 0.650. The van der Waals surface area contributed by atoms with Crippen LogP contribution in [0.3, 0.4) is 0 Å². The molecule has 0 radical (unpaired) electrons. The van der Waals surface area contributed by atoms with Crippen molar-refractivity contribution in [2.75, 3.05) is 13.1 Å². The van der Waals surface area contributed by atoms with Crippen LogP contribution in [0.1, 0.15) is 31.2 Å². The Hall–Kier alpha value is -2.16. The highest BCUT2D eigenvalue weighted by atomic mass is 35.5. The van der Waals surface area contributed by atoms with Gasteiger partial charge in [0, 0.05) is 24.3 Å². The largest absolute Gasteiger partial charge is 0.350 e. The minimum atomic E-state index is -3.63. The average Bonchev–Trinajstić information content (AvgIpc) is 2.86. The molecule has 0 aliphatic carbocycles. The molecule has 9 heteroatoms. The Morgan fingerprint density at radius 1 is 1.04 bits per heavy atom. The van der Waals surface area contributed by atoms with Gasteiger partial charge in [0.05, 0.1) is 11.4 Å². The number of halogens is 1. The second-order valence-corrected chi connectivity index (χ2v) is 9.36. The molecule has 1 aliphatic heterocycles. The summed E-state index contributed by atoms with van der Waals surface area (Å²) in [5, 5.41) is 4.89. The first-order chi connectivity index (χ1) is 13.4. The third kappa shape index (κ3) is 3.72. The second kappa shape index (κ2) is 7.69. The fraction of sp³-hybridized carbons (Fsp3) is 0.368. The molecular weight excluding hydrogens is 400 g/mol. The molecule has 1 saturated heterocycles. The fourth-order valence-electron chi connectivity index (χ4n) is 3.49. The monoisotopic (exact) mass is 420 g/mol. The smallest absolute Gasteiger partial charge is 0.249 e. The Bertz CT molecular complexity index is 1160. The molecule has 1 fully saturated rings. The lowest BCUT2D eigenvalue weighted by atomic mass is 10.2. The van der Waals surface area contributed by atoms with Crippen LogP contribution in [0, 0.1) is 0 Å². The molecule has 0 atom stereocenters. The van der Waals surface area contributed by atoms with Crippen molar-refractivity contribution in [2.45, 2.75) is 37.1 Å². The summed E-state index contributed by atoms with van der Waals surface area (Å²) in [4.78, 5) is 12.9. The normalized spacial score (nSPS) is 16.3. The van der Waals surface area contributed by atoms with Gasteiger partial charge >= 0.3 is 5.69 Å². The van der Waals surface area contributed by atoms with E-state index in [0.29, 0.717) is 23.8 Å². The Balaban J connectivity index is 1.69. The van der Waals surface area contributed by atoms with Gasteiger partial charge in [-0.15, -0.1) is 5.10 Å². The zero-order chi connectivity index (χ0) is 19.7. The van der Waals surface area contributed by atoms with E-state index in [-0.39, 0.29) is 17.1 Å². The minimum absolute atomic E-state index is 0.117. The van der Waals surface area contributed by atoms with Gasteiger partial charge in [-0.25, -0.2) is 22.3 Å². The van der Waals surface area contributed by atoms with E-state index in [4.69, 9.17) is 11.6 Å². The van der Waals surface area contributed by atoms with Gasteiger partial charge in [0.15, 0.2) is 5.65 Å². The van der Waals surface area contributed by atoms with E-state index in [1.54, 1.807) is 18.2 Å². The summed E-state index contributed by atoms with van der Waals surface area (Å²) in [6.07, 6.45) is 5.18. The van der Waals surface area contributed by atoms with Crippen molar-refractivity contribution in [3.05, 3.63) is 63.7 Å². The second-order valence-electron chi connectivity index (χ2n) is 6.98. The van der Waals surface area contributed by atoms with Crippen molar-refractivity contribution in [3.8, 4) is 0 Å².